The van der Waals surface area contributed by atoms with E-state index in [1.165, 1.54) is 13.0 Å². The van der Waals surface area contributed by atoms with Crippen LogP contribution in [0.15, 0.2) is 24.3 Å². The molecule has 0 aliphatic heterocycles. The summed E-state index contributed by atoms with van der Waals surface area (Å²) in [5.41, 5.74) is -1.08. The number of esters is 1. The van der Waals surface area contributed by atoms with Crippen LogP contribution in [0, 0.1) is 5.92 Å². The van der Waals surface area contributed by atoms with E-state index in [0.717, 1.165) is 18.2 Å². The number of ether oxygens (including phenoxy) is 1. The van der Waals surface area contributed by atoms with E-state index in [4.69, 9.17) is 0 Å². The molecule has 1 rings (SSSR count). The van der Waals surface area contributed by atoms with Crippen molar-refractivity contribution in [2.24, 2.45) is 5.92 Å². The zero-order valence-corrected chi connectivity index (χ0v) is 10.5. The standard InChI is InChI=1S/C13H13F3O3/c1-3-19-12(18)8(2)11(17)9-5-4-6-10(7-9)13(14,15)16/h4-8H,3H2,1-2H3. The average Bonchev–Trinajstić information content (AvgIpc) is 2.36. The Morgan fingerprint density at radius 1 is 1.32 bits per heavy atom. The smallest absolute Gasteiger partial charge is 0.416 e. The highest BCUT2D eigenvalue weighted by Gasteiger charge is 2.32. The molecule has 0 aliphatic carbocycles. The van der Waals surface area contributed by atoms with E-state index in [2.05, 4.69) is 4.74 Å². The van der Waals surface area contributed by atoms with Gasteiger partial charge < -0.3 is 4.74 Å². The highest BCUT2D eigenvalue weighted by Crippen LogP contribution is 2.30. The summed E-state index contributed by atoms with van der Waals surface area (Å²) in [5, 5.41) is 0. The van der Waals surface area contributed by atoms with Gasteiger partial charge in [0.15, 0.2) is 5.78 Å². The SMILES string of the molecule is CCOC(=O)C(C)C(=O)c1cccc(C(F)(F)F)c1. The van der Waals surface area contributed by atoms with Crippen molar-refractivity contribution in [3.05, 3.63) is 35.4 Å². The fraction of sp³-hybridized carbons (Fsp3) is 0.385. The van der Waals surface area contributed by atoms with Crippen LogP contribution in [0.3, 0.4) is 0 Å². The normalized spacial score (nSPS) is 12.9. The lowest BCUT2D eigenvalue weighted by Gasteiger charge is -2.11. The van der Waals surface area contributed by atoms with E-state index in [-0.39, 0.29) is 12.2 Å². The van der Waals surface area contributed by atoms with Crippen LogP contribution in [-0.2, 0) is 15.7 Å². The van der Waals surface area contributed by atoms with Crippen molar-refractivity contribution < 1.29 is 27.5 Å². The highest BCUT2D eigenvalue weighted by atomic mass is 19.4. The van der Waals surface area contributed by atoms with Crippen molar-refractivity contribution in [3.63, 3.8) is 0 Å². The van der Waals surface area contributed by atoms with Crippen LogP contribution in [0.1, 0.15) is 29.8 Å². The molecular weight excluding hydrogens is 261 g/mol. The van der Waals surface area contributed by atoms with Crippen LogP contribution in [0.4, 0.5) is 13.2 Å². The first-order valence-electron chi connectivity index (χ1n) is 5.65. The molecule has 0 radical (unpaired) electrons. The molecule has 0 heterocycles. The molecule has 0 saturated heterocycles. The van der Waals surface area contributed by atoms with Crippen molar-refractivity contribution in [2.75, 3.05) is 6.61 Å². The number of rotatable bonds is 4. The first-order chi connectivity index (χ1) is 8.77. The molecule has 1 unspecified atom stereocenters. The number of carbonyl (C=O) groups is 2. The molecule has 104 valence electrons. The molecule has 6 heteroatoms. The third kappa shape index (κ3) is 3.81. The van der Waals surface area contributed by atoms with E-state index < -0.39 is 29.4 Å². The molecule has 1 atom stereocenters. The monoisotopic (exact) mass is 274 g/mol. The van der Waals surface area contributed by atoms with Gasteiger partial charge in [-0.1, -0.05) is 12.1 Å². The van der Waals surface area contributed by atoms with Crippen molar-refractivity contribution in [2.45, 2.75) is 20.0 Å². The molecule has 0 amide bonds. The Kier molecular flexibility index (Phi) is 4.69. The average molecular weight is 274 g/mol. The van der Waals surface area contributed by atoms with Crippen LogP contribution in [0.2, 0.25) is 0 Å². The number of halogens is 3. The van der Waals surface area contributed by atoms with E-state index in [0.29, 0.717) is 0 Å². The third-order valence-corrected chi connectivity index (χ3v) is 2.51. The minimum Gasteiger partial charge on any atom is -0.465 e. The number of Topliss-reactive ketones (excluding diaryl/α,β-unsaturated/α-hetero) is 1. The molecule has 0 spiro atoms. The predicted molar refractivity (Wildman–Crippen MR) is 61.6 cm³/mol. The van der Waals surface area contributed by atoms with Crippen molar-refractivity contribution in [1.29, 1.82) is 0 Å². The Hall–Kier alpha value is -1.85. The Balaban J connectivity index is 2.97. The van der Waals surface area contributed by atoms with Gasteiger partial charge in [-0.15, -0.1) is 0 Å². The second-order valence-electron chi connectivity index (χ2n) is 3.92. The van der Waals surface area contributed by atoms with Gasteiger partial charge in [0, 0.05) is 5.56 Å². The van der Waals surface area contributed by atoms with Gasteiger partial charge in [0.1, 0.15) is 5.92 Å². The van der Waals surface area contributed by atoms with Crippen molar-refractivity contribution >= 4 is 11.8 Å². The minimum atomic E-state index is -4.52. The maximum atomic E-state index is 12.5. The van der Waals surface area contributed by atoms with E-state index in [1.807, 2.05) is 0 Å². The molecule has 0 N–H and O–H groups in total. The summed E-state index contributed by atoms with van der Waals surface area (Å²) in [6.07, 6.45) is -4.52. The Morgan fingerprint density at radius 3 is 2.47 bits per heavy atom. The van der Waals surface area contributed by atoms with Crippen LogP contribution >= 0.6 is 0 Å². The molecule has 19 heavy (non-hydrogen) atoms. The van der Waals surface area contributed by atoms with Crippen LogP contribution < -0.4 is 0 Å². The summed E-state index contributed by atoms with van der Waals surface area (Å²) in [6.45, 7) is 3.00. The van der Waals surface area contributed by atoms with E-state index in [1.54, 1.807) is 6.92 Å². The van der Waals surface area contributed by atoms with E-state index >= 15 is 0 Å². The predicted octanol–water partition coefficient (Wildman–Crippen LogP) is 3.09. The van der Waals surface area contributed by atoms with Crippen LogP contribution in [0.5, 0.6) is 0 Å². The van der Waals surface area contributed by atoms with Gasteiger partial charge in [0.2, 0.25) is 0 Å². The van der Waals surface area contributed by atoms with Gasteiger partial charge in [0.25, 0.3) is 0 Å². The number of hydrogen-bond donors (Lipinski definition) is 0. The maximum absolute atomic E-state index is 12.5. The van der Waals surface area contributed by atoms with E-state index in [9.17, 15) is 22.8 Å². The lowest BCUT2D eigenvalue weighted by molar-refractivity contribution is -0.145. The Labute approximate surface area is 108 Å². The number of benzene rings is 1. The zero-order valence-electron chi connectivity index (χ0n) is 10.5. The van der Waals surface area contributed by atoms with Gasteiger partial charge in [-0.3, -0.25) is 9.59 Å². The molecule has 0 saturated carbocycles. The molecular formula is C13H13F3O3. The number of alkyl halides is 3. The zero-order chi connectivity index (χ0) is 14.6. The molecule has 0 aromatic heterocycles. The second-order valence-corrected chi connectivity index (χ2v) is 3.92. The third-order valence-electron chi connectivity index (χ3n) is 2.51. The van der Waals surface area contributed by atoms with Gasteiger partial charge in [-0.2, -0.15) is 13.2 Å². The summed E-state index contributed by atoms with van der Waals surface area (Å²) >= 11 is 0. The Morgan fingerprint density at radius 2 is 1.95 bits per heavy atom. The van der Waals surface area contributed by atoms with Crippen molar-refractivity contribution in [3.8, 4) is 0 Å². The van der Waals surface area contributed by atoms with Gasteiger partial charge >= 0.3 is 12.1 Å². The largest absolute Gasteiger partial charge is 0.465 e. The molecule has 1 aromatic carbocycles. The fourth-order valence-corrected chi connectivity index (χ4v) is 1.47. The van der Waals surface area contributed by atoms with Crippen molar-refractivity contribution in [1.82, 2.24) is 0 Å². The molecule has 0 fully saturated rings. The van der Waals surface area contributed by atoms with Crippen LogP contribution in [0.25, 0.3) is 0 Å². The summed E-state index contributed by atoms with van der Waals surface area (Å²) < 4.78 is 42.2. The summed E-state index contributed by atoms with van der Waals surface area (Å²) in [6, 6.07) is 3.98. The molecule has 0 aliphatic rings. The lowest BCUT2D eigenvalue weighted by Crippen LogP contribution is -2.23. The van der Waals surface area contributed by atoms with Crippen LogP contribution in [-0.4, -0.2) is 18.4 Å². The molecule has 1 aromatic rings. The molecule has 3 nitrogen and oxygen atoms in total. The molecule has 0 bridgehead atoms. The highest BCUT2D eigenvalue weighted by molar-refractivity contribution is 6.08. The Bertz CT molecular complexity index is 480. The van der Waals surface area contributed by atoms with Gasteiger partial charge in [-0.05, 0) is 26.0 Å². The summed E-state index contributed by atoms with van der Waals surface area (Å²) in [5.74, 6) is -2.56. The lowest BCUT2D eigenvalue weighted by atomic mass is 9.98. The number of carbonyl (C=O) groups excluding carboxylic acids is 2. The number of ketones is 1. The first kappa shape index (κ1) is 15.2. The van der Waals surface area contributed by atoms with Gasteiger partial charge in [-0.25, -0.2) is 0 Å². The van der Waals surface area contributed by atoms with Gasteiger partial charge in [0.05, 0.1) is 12.2 Å². The first-order valence-corrected chi connectivity index (χ1v) is 5.65. The summed E-state index contributed by atoms with van der Waals surface area (Å²) in [7, 11) is 0. The topological polar surface area (TPSA) is 43.4 Å². The fourth-order valence-electron chi connectivity index (χ4n) is 1.47. The summed E-state index contributed by atoms with van der Waals surface area (Å²) in [4.78, 5) is 23.2. The number of hydrogen-bond acceptors (Lipinski definition) is 3. The quantitative estimate of drug-likeness (QED) is 0.481. The maximum Gasteiger partial charge on any atom is 0.416 e. The minimum absolute atomic E-state index is 0.110. The second kappa shape index (κ2) is 5.86.